The van der Waals surface area contributed by atoms with E-state index in [4.69, 9.17) is 21.1 Å². The lowest BCUT2D eigenvalue weighted by atomic mass is 10.2. The van der Waals surface area contributed by atoms with Crippen molar-refractivity contribution in [2.45, 2.75) is 6.92 Å². The van der Waals surface area contributed by atoms with Gasteiger partial charge in [0.1, 0.15) is 10.9 Å². The van der Waals surface area contributed by atoms with Crippen molar-refractivity contribution in [1.82, 2.24) is 10.4 Å². The Kier molecular flexibility index (Phi) is 7.79. The number of hydrogen-bond donors (Lipinski definition) is 1. The van der Waals surface area contributed by atoms with Crippen LogP contribution in [0.2, 0.25) is 5.15 Å². The van der Waals surface area contributed by atoms with Gasteiger partial charge in [0, 0.05) is 6.20 Å². The van der Waals surface area contributed by atoms with E-state index < -0.39 is 11.9 Å². The maximum Gasteiger partial charge on any atom is 0.344 e. The topological polar surface area (TPSA) is 89.9 Å². The predicted octanol–water partition coefficient (Wildman–Crippen LogP) is 3.05. The molecule has 0 aliphatic rings. The van der Waals surface area contributed by atoms with Gasteiger partial charge in [-0.3, -0.25) is 4.79 Å². The molecule has 9 heteroatoms. The first-order valence-corrected chi connectivity index (χ1v) is 8.98. The van der Waals surface area contributed by atoms with Gasteiger partial charge < -0.3 is 9.47 Å². The van der Waals surface area contributed by atoms with Gasteiger partial charge in [-0.2, -0.15) is 5.10 Å². The normalized spacial score (nSPS) is 10.6. The predicted molar refractivity (Wildman–Crippen MR) is 106 cm³/mol. The summed E-state index contributed by atoms with van der Waals surface area (Å²) in [5, 5.41) is 4.01. The van der Waals surface area contributed by atoms with Crippen molar-refractivity contribution in [3.63, 3.8) is 0 Å². The molecule has 1 heterocycles. The van der Waals surface area contributed by atoms with E-state index in [1.807, 2.05) is 0 Å². The molecule has 136 valence electrons. The highest BCUT2D eigenvalue weighted by Crippen LogP contribution is 2.21. The van der Waals surface area contributed by atoms with Gasteiger partial charge in [0.2, 0.25) is 0 Å². The van der Waals surface area contributed by atoms with Gasteiger partial charge >= 0.3 is 5.97 Å². The molecule has 2 rings (SSSR count). The Labute approximate surface area is 168 Å². The molecule has 0 spiro atoms. The zero-order valence-electron chi connectivity index (χ0n) is 13.7. The molecule has 1 aromatic carbocycles. The van der Waals surface area contributed by atoms with Crippen LogP contribution in [-0.2, 0) is 9.53 Å². The average molecular weight is 488 g/mol. The maximum absolute atomic E-state index is 12.0. The monoisotopic (exact) mass is 487 g/mol. The molecule has 7 nitrogen and oxygen atoms in total. The number of halogens is 2. The largest absolute Gasteiger partial charge is 0.481 e. The summed E-state index contributed by atoms with van der Waals surface area (Å²) in [4.78, 5) is 27.1. The molecule has 0 atom stereocenters. The number of nitrogens with one attached hydrogen (secondary N) is 1. The van der Waals surface area contributed by atoms with E-state index in [-0.39, 0.29) is 17.3 Å². The number of esters is 1. The molecule has 0 unspecified atom stereocenters. The molecule has 2 aromatic rings. The summed E-state index contributed by atoms with van der Waals surface area (Å²) < 4.78 is 11.0. The third-order valence-corrected chi connectivity index (χ3v) is 4.13. The van der Waals surface area contributed by atoms with Crippen molar-refractivity contribution in [1.29, 1.82) is 0 Å². The highest BCUT2D eigenvalue weighted by molar-refractivity contribution is 14.1. The van der Waals surface area contributed by atoms with Gasteiger partial charge in [-0.15, -0.1) is 0 Å². The Balaban J connectivity index is 1.94. The van der Waals surface area contributed by atoms with Crippen molar-refractivity contribution >= 4 is 52.3 Å². The molecule has 26 heavy (non-hydrogen) atoms. The summed E-state index contributed by atoms with van der Waals surface area (Å²) in [6.45, 7) is 1.89. The second-order valence-electron chi connectivity index (χ2n) is 4.82. The van der Waals surface area contributed by atoms with E-state index in [0.29, 0.717) is 12.4 Å². The zero-order valence-corrected chi connectivity index (χ0v) is 16.7. The van der Waals surface area contributed by atoms with E-state index in [0.717, 1.165) is 9.13 Å². The molecule has 0 saturated heterocycles. The van der Waals surface area contributed by atoms with Gasteiger partial charge in [-0.1, -0.05) is 11.6 Å². The van der Waals surface area contributed by atoms with Crippen LogP contribution >= 0.6 is 34.2 Å². The van der Waals surface area contributed by atoms with Crippen LogP contribution in [0, 0.1) is 3.57 Å². The van der Waals surface area contributed by atoms with Gasteiger partial charge in [-0.05, 0) is 65.4 Å². The van der Waals surface area contributed by atoms with Crippen molar-refractivity contribution in [2.24, 2.45) is 5.10 Å². The number of nitrogens with zero attached hydrogens (tertiary/aromatic N) is 2. The van der Waals surface area contributed by atoms with Crippen LogP contribution in [-0.4, -0.2) is 36.3 Å². The summed E-state index contributed by atoms with van der Waals surface area (Å²) in [6.07, 6.45) is 2.98. The summed E-state index contributed by atoms with van der Waals surface area (Å²) in [5.74, 6) is -0.323. The van der Waals surface area contributed by atoms with E-state index in [1.165, 1.54) is 12.4 Å². The molecule has 0 aliphatic carbocycles. The summed E-state index contributed by atoms with van der Waals surface area (Å²) in [6, 6.07) is 8.42. The summed E-state index contributed by atoms with van der Waals surface area (Å²) in [5.41, 5.74) is 3.37. The van der Waals surface area contributed by atoms with Gasteiger partial charge in [0.15, 0.2) is 6.61 Å². The summed E-state index contributed by atoms with van der Waals surface area (Å²) >= 11 is 7.93. The second-order valence-corrected chi connectivity index (χ2v) is 6.34. The lowest BCUT2D eigenvalue weighted by Gasteiger charge is -2.08. The second kappa shape index (κ2) is 10.1. The quantitative estimate of drug-likeness (QED) is 0.213. The minimum atomic E-state index is -0.455. The van der Waals surface area contributed by atoms with Crippen LogP contribution in [0.1, 0.15) is 22.8 Å². The minimum Gasteiger partial charge on any atom is -0.481 e. The Morgan fingerprint density at radius 2 is 2.19 bits per heavy atom. The molecule has 1 amide bonds. The number of ether oxygens (including phenoxy) is 2. The van der Waals surface area contributed by atoms with E-state index in [9.17, 15) is 9.59 Å². The number of hydrazone groups is 1. The fourth-order valence-electron chi connectivity index (χ4n) is 1.83. The van der Waals surface area contributed by atoms with E-state index in [2.05, 4.69) is 38.1 Å². The SMILES string of the molecule is CCOC(=O)COc1ccc(C=NNC(=O)c2cccnc2Cl)cc1I. The first-order chi connectivity index (χ1) is 12.5. The molecular formula is C17H15ClIN3O4. The van der Waals surface area contributed by atoms with Crippen molar-refractivity contribution in [3.8, 4) is 5.75 Å². The third kappa shape index (κ3) is 5.95. The van der Waals surface area contributed by atoms with Gasteiger partial charge in [0.25, 0.3) is 5.91 Å². The number of carbonyl (C=O) groups is 2. The van der Waals surface area contributed by atoms with Crippen LogP contribution < -0.4 is 10.2 Å². The standard InChI is InChI=1S/C17H15ClIN3O4/c1-2-25-15(23)10-26-14-6-5-11(8-13(14)19)9-21-22-17(24)12-4-3-7-20-16(12)18/h3-9H,2,10H2,1H3,(H,22,24). The molecule has 0 saturated carbocycles. The number of benzene rings is 1. The molecule has 1 N–H and O–H groups in total. The fourth-order valence-corrected chi connectivity index (χ4v) is 2.74. The Morgan fingerprint density at radius 1 is 1.38 bits per heavy atom. The first kappa shape index (κ1) is 20.1. The lowest BCUT2D eigenvalue weighted by molar-refractivity contribution is -0.145. The van der Waals surface area contributed by atoms with Crippen molar-refractivity contribution in [3.05, 3.63) is 56.4 Å². The molecule has 1 aromatic heterocycles. The van der Waals surface area contributed by atoms with E-state index in [1.54, 1.807) is 37.3 Å². The highest BCUT2D eigenvalue weighted by Gasteiger charge is 2.09. The number of hydrogen-bond acceptors (Lipinski definition) is 6. The first-order valence-electron chi connectivity index (χ1n) is 7.53. The number of carbonyl (C=O) groups excluding carboxylic acids is 2. The van der Waals surface area contributed by atoms with Crippen molar-refractivity contribution in [2.75, 3.05) is 13.2 Å². The molecule has 0 radical (unpaired) electrons. The number of pyridine rings is 1. The lowest BCUT2D eigenvalue weighted by Crippen LogP contribution is -2.18. The van der Waals surface area contributed by atoms with Crippen LogP contribution in [0.25, 0.3) is 0 Å². The Bertz CT molecular complexity index is 829. The molecule has 0 aliphatic heterocycles. The Morgan fingerprint density at radius 3 is 2.88 bits per heavy atom. The highest BCUT2D eigenvalue weighted by atomic mass is 127. The van der Waals surface area contributed by atoms with Crippen LogP contribution in [0.4, 0.5) is 0 Å². The number of rotatable bonds is 7. The Hall–Kier alpha value is -2.20. The maximum atomic E-state index is 12.0. The van der Waals surface area contributed by atoms with Gasteiger partial charge in [-0.25, -0.2) is 15.2 Å². The summed E-state index contributed by atoms with van der Waals surface area (Å²) in [7, 11) is 0. The third-order valence-electron chi connectivity index (χ3n) is 2.99. The average Bonchev–Trinajstić information content (AvgIpc) is 2.61. The molecule has 0 bridgehead atoms. The van der Waals surface area contributed by atoms with Crippen LogP contribution in [0.3, 0.4) is 0 Å². The molecular weight excluding hydrogens is 473 g/mol. The van der Waals surface area contributed by atoms with Crippen LogP contribution in [0.5, 0.6) is 5.75 Å². The minimum absolute atomic E-state index is 0.109. The van der Waals surface area contributed by atoms with Gasteiger partial charge in [0.05, 0.1) is 22.0 Å². The smallest absolute Gasteiger partial charge is 0.344 e. The van der Waals surface area contributed by atoms with E-state index >= 15 is 0 Å². The van der Waals surface area contributed by atoms with Crippen molar-refractivity contribution < 1.29 is 19.1 Å². The van der Waals surface area contributed by atoms with Crippen LogP contribution in [0.15, 0.2) is 41.6 Å². The fraction of sp³-hybridized carbons (Fsp3) is 0.176. The number of aromatic nitrogens is 1. The number of amides is 1. The molecule has 0 fully saturated rings. The zero-order chi connectivity index (χ0) is 18.9.